The summed E-state index contributed by atoms with van der Waals surface area (Å²) < 4.78 is 39.4. The summed E-state index contributed by atoms with van der Waals surface area (Å²) in [4.78, 5) is 0. The number of rotatable bonds is 9. The van der Waals surface area contributed by atoms with Crippen molar-refractivity contribution in [1.82, 2.24) is 0 Å². The zero-order valence-corrected chi connectivity index (χ0v) is 23.0. The molecule has 43 heavy (non-hydrogen) atoms. The molecule has 4 rings (SSSR count). The van der Waals surface area contributed by atoms with E-state index in [0.29, 0.717) is 0 Å². The summed E-state index contributed by atoms with van der Waals surface area (Å²) in [7, 11) is 0. The Labute approximate surface area is 244 Å². The van der Waals surface area contributed by atoms with Gasteiger partial charge < -0.3 is 94.4 Å². The van der Waals surface area contributed by atoms with E-state index in [4.69, 9.17) is 33.2 Å². The van der Waals surface area contributed by atoms with Crippen LogP contribution in [0.25, 0.3) is 0 Å². The van der Waals surface area contributed by atoms with Crippen LogP contribution in [0.2, 0.25) is 0 Å². The van der Waals surface area contributed by atoms with Crippen molar-refractivity contribution in [3.05, 3.63) is 0 Å². The molecule has 0 saturated carbocycles. The maximum Gasteiger partial charge on any atom is 0.187 e. The summed E-state index contributed by atoms with van der Waals surface area (Å²) >= 11 is 0. The highest BCUT2D eigenvalue weighted by molar-refractivity contribution is 4.98. The second-order valence-corrected chi connectivity index (χ2v) is 11.0. The molecule has 0 aromatic rings. The van der Waals surface area contributed by atoms with E-state index in [2.05, 4.69) is 0 Å². The average molecular weight is 635 g/mol. The molecule has 0 aromatic heterocycles. The highest BCUT2D eigenvalue weighted by Crippen LogP contribution is 2.35. The summed E-state index contributed by atoms with van der Waals surface area (Å²) in [6.07, 6.45) is -31.2. The Kier molecular flexibility index (Phi) is 12.1. The van der Waals surface area contributed by atoms with Crippen molar-refractivity contribution in [2.24, 2.45) is 0 Å². The second kappa shape index (κ2) is 14.8. The fourth-order valence-corrected chi connectivity index (χ4v) is 5.44. The minimum atomic E-state index is -1.96. The van der Waals surface area contributed by atoms with Crippen molar-refractivity contribution in [2.75, 3.05) is 26.4 Å². The Morgan fingerprint density at radius 1 is 0.488 bits per heavy atom. The van der Waals surface area contributed by atoms with Crippen LogP contribution in [0, 0.1) is 0 Å². The highest BCUT2D eigenvalue weighted by atomic mass is 16.8. The summed E-state index contributed by atoms with van der Waals surface area (Å²) in [6.45, 7) is -1.42. The summed E-state index contributed by atoms with van der Waals surface area (Å²) in [5, 5.41) is 123. The lowest BCUT2D eigenvalue weighted by atomic mass is 9.94. The lowest BCUT2D eigenvalue weighted by Crippen LogP contribution is -2.68. The molecule has 4 fully saturated rings. The fourth-order valence-electron chi connectivity index (χ4n) is 5.44. The minimum absolute atomic E-state index is 0.496. The van der Waals surface area contributed by atoms with E-state index in [0.717, 1.165) is 0 Å². The van der Waals surface area contributed by atoms with Crippen molar-refractivity contribution in [3.63, 3.8) is 0 Å². The molecule has 0 spiro atoms. The molecule has 0 bridgehead atoms. The van der Waals surface area contributed by atoms with Crippen molar-refractivity contribution in [3.8, 4) is 0 Å². The van der Waals surface area contributed by atoms with Crippen LogP contribution in [-0.4, -0.2) is 204 Å². The van der Waals surface area contributed by atoms with Crippen LogP contribution in [0.1, 0.15) is 6.92 Å². The van der Waals surface area contributed by atoms with E-state index < -0.39 is 143 Å². The van der Waals surface area contributed by atoms with Crippen molar-refractivity contribution in [1.29, 1.82) is 0 Å². The molecule has 0 aliphatic carbocycles. The van der Waals surface area contributed by atoms with Crippen LogP contribution < -0.4 is 0 Å². The highest BCUT2D eigenvalue weighted by Gasteiger charge is 2.55. The molecule has 19 heteroatoms. The van der Waals surface area contributed by atoms with Gasteiger partial charge in [-0.2, -0.15) is 0 Å². The molecule has 4 aliphatic heterocycles. The molecule has 4 aliphatic rings. The summed E-state index contributed by atoms with van der Waals surface area (Å²) in [5.74, 6) is 0. The molecular weight excluding hydrogens is 592 g/mol. The van der Waals surface area contributed by atoms with Gasteiger partial charge in [-0.3, -0.25) is 0 Å². The van der Waals surface area contributed by atoms with Gasteiger partial charge in [0.05, 0.1) is 32.5 Å². The minimum Gasteiger partial charge on any atom is -0.394 e. The number of hydrogen-bond acceptors (Lipinski definition) is 19. The van der Waals surface area contributed by atoms with Gasteiger partial charge in [0, 0.05) is 0 Å². The third-order valence-electron chi connectivity index (χ3n) is 8.08. The van der Waals surface area contributed by atoms with Crippen LogP contribution in [-0.2, 0) is 33.2 Å². The normalized spacial score (nSPS) is 53.1. The molecule has 19 unspecified atom stereocenters. The molecule has 4 heterocycles. The Bertz CT molecular complexity index is 866. The third kappa shape index (κ3) is 7.15. The molecule has 19 atom stereocenters. The Morgan fingerprint density at radius 2 is 1.02 bits per heavy atom. The van der Waals surface area contributed by atoms with Crippen LogP contribution in [0.3, 0.4) is 0 Å². The largest absolute Gasteiger partial charge is 0.394 e. The Balaban J connectivity index is 1.68. The smallest absolute Gasteiger partial charge is 0.187 e. The van der Waals surface area contributed by atoms with Crippen LogP contribution >= 0.6 is 0 Å². The third-order valence-corrected chi connectivity index (χ3v) is 8.08. The first-order valence-electron chi connectivity index (χ1n) is 13.8. The maximum atomic E-state index is 11.1. The predicted octanol–water partition coefficient (Wildman–Crippen LogP) is -8.04. The van der Waals surface area contributed by atoms with E-state index in [1.54, 1.807) is 0 Å². The molecule has 0 amide bonds. The van der Waals surface area contributed by atoms with Crippen LogP contribution in [0.4, 0.5) is 0 Å². The van der Waals surface area contributed by atoms with Crippen molar-refractivity contribution in [2.45, 2.75) is 123 Å². The van der Waals surface area contributed by atoms with Gasteiger partial charge in [-0.25, -0.2) is 0 Å². The predicted molar refractivity (Wildman–Crippen MR) is 131 cm³/mol. The van der Waals surface area contributed by atoms with Crippen LogP contribution in [0.5, 0.6) is 0 Å². The zero-order chi connectivity index (χ0) is 31.7. The zero-order valence-electron chi connectivity index (χ0n) is 23.0. The van der Waals surface area contributed by atoms with E-state index in [1.807, 2.05) is 0 Å². The SMILES string of the molecule is CC1OC(CO)C(OC2OC(CO)C(O)C(OC3OCC(O)C(O)C3O)C2OC2OC(CO)C(O)C(O)C2O)C(O)C1O. The molecule has 4 saturated heterocycles. The number of ether oxygens (including phenoxy) is 7. The number of aliphatic hydroxyl groups is 12. The first-order valence-corrected chi connectivity index (χ1v) is 13.8. The van der Waals surface area contributed by atoms with Gasteiger partial charge >= 0.3 is 0 Å². The Morgan fingerprint density at radius 3 is 1.65 bits per heavy atom. The lowest BCUT2D eigenvalue weighted by Gasteiger charge is -2.50. The molecule has 0 radical (unpaired) electrons. The standard InChI is InChI=1S/C24H42O19/c1-6-11(29)16(34)19(10(4-27)38-6)41-24-21(43-23-18(36)15(33)13(31)8(2-25)39-23)20(14(32)9(3-26)40-24)42-22-17(35)12(30)7(28)5-37-22/h6-36H,2-5H2,1H3. The van der Waals surface area contributed by atoms with Crippen LogP contribution in [0.15, 0.2) is 0 Å². The Hall–Kier alpha value is -0.760. The topological polar surface area (TPSA) is 307 Å². The van der Waals surface area contributed by atoms with E-state index in [1.165, 1.54) is 6.92 Å². The fraction of sp³-hybridized carbons (Fsp3) is 1.00. The molecular formula is C24H42O19. The molecule has 12 N–H and O–H groups in total. The van der Waals surface area contributed by atoms with Gasteiger partial charge in [-0.1, -0.05) is 0 Å². The molecule has 252 valence electrons. The van der Waals surface area contributed by atoms with E-state index >= 15 is 0 Å². The first-order chi connectivity index (χ1) is 20.3. The summed E-state index contributed by atoms with van der Waals surface area (Å²) in [5.41, 5.74) is 0. The molecule has 0 aromatic carbocycles. The van der Waals surface area contributed by atoms with E-state index in [-0.39, 0.29) is 0 Å². The monoisotopic (exact) mass is 634 g/mol. The average Bonchev–Trinajstić information content (AvgIpc) is 2.99. The van der Waals surface area contributed by atoms with Gasteiger partial charge in [-0.05, 0) is 6.92 Å². The van der Waals surface area contributed by atoms with Crippen molar-refractivity contribution >= 4 is 0 Å². The number of hydrogen-bond donors (Lipinski definition) is 12. The van der Waals surface area contributed by atoms with Gasteiger partial charge in [0.15, 0.2) is 18.9 Å². The summed E-state index contributed by atoms with van der Waals surface area (Å²) in [6, 6.07) is 0. The van der Waals surface area contributed by atoms with Gasteiger partial charge in [0.2, 0.25) is 0 Å². The lowest BCUT2D eigenvalue weighted by molar-refractivity contribution is -0.399. The van der Waals surface area contributed by atoms with Gasteiger partial charge in [-0.15, -0.1) is 0 Å². The van der Waals surface area contributed by atoms with Gasteiger partial charge in [0.25, 0.3) is 0 Å². The second-order valence-electron chi connectivity index (χ2n) is 11.0. The number of aliphatic hydroxyl groups excluding tert-OH is 12. The van der Waals surface area contributed by atoms with Gasteiger partial charge in [0.1, 0.15) is 91.6 Å². The first kappa shape index (κ1) is 35.1. The molecule has 19 nitrogen and oxygen atoms in total. The van der Waals surface area contributed by atoms with Crippen molar-refractivity contribution < 1.29 is 94.4 Å². The van der Waals surface area contributed by atoms with E-state index in [9.17, 15) is 61.3 Å². The maximum absolute atomic E-state index is 11.1. The quantitative estimate of drug-likeness (QED) is 0.112.